The topological polar surface area (TPSA) is 65.3 Å². The molecular weight excluding hydrogens is 328 g/mol. The second-order valence-electron chi connectivity index (χ2n) is 6.25. The number of rotatable bonds is 4. The van der Waals surface area contributed by atoms with Gasteiger partial charge in [-0.3, -0.25) is 4.79 Å². The van der Waals surface area contributed by atoms with Gasteiger partial charge in [0.1, 0.15) is 5.75 Å². The highest BCUT2D eigenvalue weighted by Crippen LogP contribution is 2.30. The number of pyridine rings is 1. The molecule has 5 nitrogen and oxygen atoms in total. The molecule has 2 heterocycles. The zero-order valence-electron chi connectivity index (χ0n) is 14.1. The fraction of sp³-hybridized carbons (Fsp3) is 0.143. The third kappa shape index (κ3) is 3.37. The van der Waals surface area contributed by atoms with Gasteiger partial charge in [0.2, 0.25) is 0 Å². The summed E-state index contributed by atoms with van der Waals surface area (Å²) in [5.74, 6) is 0.782. The third-order valence-corrected chi connectivity index (χ3v) is 4.49. The third-order valence-electron chi connectivity index (χ3n) is 4.49. The van der Waals surface area contributed by atoms with Crippen LogP contribution in [0, 0.1) is 5.21 Å². The Morgan fingerprint density at radius 3 is 2.54 bits per heavy atom. The Kier molecular flexibility index (Phi) is 4.27. The van der Waals surface area contributed by atoms with Gasteiger partial charge >= 0.3 is 0 Å². The molecule has 0 saturated carbocycles. The molecule has 0 fully saturated rings. The molecule has 5 heteroatoms. The number of carbonyl (C=O) groups is 1. The van der Waals surface area contributed by atoms with Gasteiger partial charge in [-0.05, 0) is 34.4 Å². The van der Waals surface area contributed by atoms with Crippen molar-refractivity contribution in [3.63, 3.8) is 0 Å². The van der Waals surface area contributed by atoms with Crippen molar-refractivity contribution in [3.05, 3.63) is 88.9 Å². The second kappa shape index (κ2) is 6.88. The van der Waals surface area contributed by atoms with E-state index in [1.54, 1.807) is 0 Å². The SMILES string of the molecule is O=C(NCc1ccc(-c2ccc3c(c2)CCO3)cc1)c1cc[n+]([O-])cc1. The van der Waals surface area contributed by atoms with Crippen molar-refractivity contribution in [1.82, 2.24) is 5.32 Å². The fourth-order valence-corrected chi connectivity index (χ4v) is 3.03. The number of nitrogens with one attached hydrogen (secondary N) is 1. The minimum Gasteiger partial charge on any atom is -0.619 e. The zero-order chi connectivity index (χ0) is 17.9. The van der Waals surface area contributed by atoms with Crippen LogP contribution in [-0.2, 0) is 13.0 Å². The molecule has 0 atom stereocenters. The summed E-state index contributed by atoms with van der Waals surface area (Å²) in [5, 5.41) is 13.9. The van der Waals surface area contributed by atoms with Gasteiger partial charge in [0.15, 0.2) is 12.4 Å². The molecule has 26 heavy (non-hydrogen) atoms. The van der Waals surface area contributed by atoms with Crippen LogP contribution in [0.25, 0.3) is 11.1 Å². The summed E-state index contributed by atoms with van der Waals surface area (Å²) < 4.78 is 6.20. The number of amides is 1. The molecule has 0 unspecified atom stereocenters. The van der Waals surface area contributed by atoms with Crippen molar-refractivity contribution in [2.24, 2.45) is 0 Å². The Morgan fingerprint density at radius 1 is 1.04 bits per heavy atom. The quantitative estimate of drug-likeness (QED) is 0.583. The lowest BCUT2D eigenvalue weighted by Crippen LogP contribution is -2.27. The number of benzene rings is 2. The van der Waals surface area contributed by atoms with E-state index in [2.05, 4.69) is 29.6 Å². The molecule has 1 amide bonds. The van der Waals surface area contributed by atoms with Gasteiger partial charge in [-0.15, -0.1) is 0 Å². The summed E-state index contributed by atoms with van der Waals surface area (Å²) in [6.07, 6.45) is 3.58. The predicted octanol–water partition coefficient (Wildman–Crippen LogP) is 2.85. The van der Waals surface area contributed by atoms with Crippen LogP contribution in [0.3, 0.4) is 0 Å². The van der Waals surface area contributed by atoms with Crippen LogP contribution >= 0.6 is 0 Å². The van der Waals surface area contributed by atoms with Crippen molar-refractivity contribution in [2.45, 2.75) is 13.0 Å². The van der Waals surface area contributed by atoms with Crippen LogP contribution in [-0.4, -0.2) is 12.5 Å². The molecule has 1 aromatic heterocycles. The first-order valence-corrected chi connectivity index (χ1v) is 8.51. The van der Waals surface area contributed by atoms with E-state index in [1.165, 1.54) is 35.7 Å². The number of nitrogens with zero attached hydrogens (tertiary/aromatic N) is 1. The van der Waals surface area contributed by atoms with E-state index >= 15 is 0 Å². The monoisotopic (exact) mass is 346 g/mol. The highest BCUT2D eigenvalue weighted by atomic mass is 16.5. The lowest BCUT2D eigenvalue weighted by Gasteiger charge is -2.08. The first-order valence-electron chi connectivity index (χ1n) is 8.51. The number of hydrogen-bond acceptors (Lipinski definition) is 3. The number of aromatic nitrogens is 1. The van der Waals surface area contributed by atoms with Crippen molar-refractivity contribution >= 4 is 5.91 Å². The van der Waals surface area contributed by atoms with Crippen LogP contribution in [0.2, 0.25) is 0 Å². The second-order valence-corrected chi connectivity index (χ2v) is 6.25. The highest BCUT2D eigenvalue weighted by Gasteiger charge is 2.12. The standard InChI is InChI=1S/C21H18N2O3/c24-21(17-7-10-23(25)11-8-17)22-14-15-1-3-16(4-2-15)18-5-6-20-19(13-18)9-12-26-20/h1-8,10-11,13H,9,12,14H2,(H,22,24). The van der Waals surface area contributed by atoms with Crippen LogP contribution < -0.4 is 14.8 Å². The summed E-state index contributed by atoms with van der Waals surface area (Å²) in [6.45, 7) is 1.19. The summed E-state index contributed by atoms with van der Waals surface area (Å²) in [6, 6.07) is 17.4. The molecule has 1 aliphatic heterocycles. The van der Waals surface area contributed by atoms with Gasteiger partial charge in [-0.1, -0.05) is 30.3 Å². The van der Waals surface area contributed by atoms with Crippen molar-refractivity contribution in [2.75, 3.05) is 6.61 Å². The zero-order valence-corrected chi connectivity index (χ0v) is 14.1. The Balaban J connectivity index is 1.41. The van der Waals surface area contributed by atoms with Crippen molar-refractivity contribution in [3.8, 4) is 16.9 Å². The van der Waals surface area contributed by atoms with E-state index in [9.17, 15) is 10.0 Å². The molecule has 1 N–H and O–H groups in total. The first-order chi connectivity index (χ1) is 12.7. The van der Waals surface area contributed by atoms with E-state index in [1.807, 2.05) is 18.2 Å². The van der Waals surface area contributed by atoms with Crippen molar-refractivity contribution in [1.29, 1.82) is 0 Å². The minimum atomic E-state index is -0.201. The van der Waals surface area contributed by atoms with Gasteiger partial charge < -0.3 is 15.3 Å². The number of ether oxygens (including phenoxy) is 1. The van der Waals surface area contributed by atoms with E-state index < -0.39 is 0 Å². The normalized spacial score (nSPS) is 12.3. The van der Waals surface area contributed by atoms with E-state index in [-0.39, 0.29) is 5.91 Å². The van der Waals surface area contributed by atoms with Crippen LogP contribution in [0.5, 0.6) is 5.75 Å². The molecule has 130 valence electrons. The maximum atomic E-state index is 12.1. The Morgan fingerprint density at radius 2 is 1.77 bits per heavy atom. The van der Waals surface area contributed by atoms with Gasteiger partial charge in [-0.25, -0.2) is 0 Å². The molecular formula is C21H18N2O3. The lowest BCUT2D eigenvalue weighted by atomic mass is 10.0. The average molecular weight is 346 g/mol. The van der Waals surface area contributed by atoms with E-state index in [0.717, 1.165) is 29.9 Å². The molecule has 4 rings (SSSR count). The maximum Gasteiger partial charge on any atom is 0.252 e. The minimum absolute atomic E-state index is 0.201. The number of hydrogen-bond donors (Lipinski definition) is 1. The highest BCUT2D eigenvalue weighted by molar-refractivity contribution is 5.93. The number of carbonyl (C=O) groups excluding carboxylic acids is 1. The van der Waals surface area contributed by atoms with Gasteiger partial charge in [0.05, 0.1) is 12.2 Å². The fourth-order valence-electron chi connectivity index (χ4n) is 3.03. The maximum absolute atomic E-state index is 12.1. The molecule has 0 bridgehead atoms. The van der Waals surface area contributed by atoms with Gasteiger partial charge in [0, 0.05) is 25.1 Å². The summed E-state index contributed by atoms with van der Waals surface area (Å²) in [7, 11) is 0. The lowest BCUT2D eigenvalue weighted by molar-refractivity contribution is -0.605. The Bertz CT molecular complexity index is 934. The molecule has 0 radical (unpaired) electrons. The Labute approximate surface area is 151 Å². The molecule has 3 aromatic rings. The summed E-state index contributed by atoms with van der Waals surface area (Å²) in [4.78, 5) is 12.1. The van der Waals surface area contributed by atoms with Gasteiger partial charge in [0.25, 0.3) is 5.91 Å². The molecule has 1 aliphatic rings. The Hall–Kier alpha value is -3.34. The van der Waals surface area contributed by atoms with E-state index in [0.29, 0.717) is 16.8 Å². The van der Waals surface area contributed by atoms with Gasteiger partial charge in [-0.2, -0.15) is 4.73 Å². The first kappa shape index (κ1) is 16.1. The molecule has 0 aliphatic carbocycles. The largest absolute Gasteiger partial charge is 0.619 e. The van der Waals surface area contributed by atoms with Crippen LogP contribution in [0.4, 0.5) is 0 Å². The van der Waals surface area contributed by atoms with E-state index in [4.69, 9.17) is 4.74 Å². The molecule has 0 spiro atoms. The van der Waals surface area contributed by atoms with Crippen LogP contribution in [0.15, 0.2) is 67.0 Å². The molecule has 2 aromatic carbocycles. The summed E-state index contributed by atoms with van der Waals surface area (Å²) in [5.41, 5.74) is 5.04. The number of fused-ring (bicyclic) bond motifs is 1. The van der Waals surface area contributed by atoms with Crippen molar-refractivity contribution < 1.29 is 14.3 Å². The average Bonchev–Trinajstić information content (AvgIpc) is 3.15. The van der Waals surface area contributed by atoms with Crippen LogP contribution in [0.1, 0.15) is 21.5 Å². The molecule has 0 saturated heterocycles. The predicted molar refractivity (Wildman–Crippen MR) is 97.6 cm³/mol. The smallest absolute Gasteiger partial charge is 0.252 e. The summed E-state index contributed by atoms with van der Waals surface area (Å²) >= 11 is 0.